The maximum atomic E-state index is 12.5. The number of anilines is 2. The Morgan fingerprint density at radius 2 is 1.69 bits per heavy atom. The second-order valence-electron chi connectivity index (χ2n) is 8.92. The molecule has 1 atom stereocenters. The van der Waals surface area contributed by atoms with Crippen LogP contribution in [0.3, 0.4) is 0 Å². The third-order valence-corrected chi connectivity index (χ3v) is 6.33. The molecule has 0 aliphatic heterocycles. The fourth-order valence-electron chi connectivity index (χ4n) is 4.37. The molecule has 1 aromatic heterocycles. The lowest BCUT2D eigenvalue weighted by molar-refractivity contribution is -0.111. The van der Waals surface area contributed by atoms with Gasteiger partial charge in [-0.2, -0.15) is 0 Å². The number of amides is 1. The second kappa shape index (κ2) is 9.92. The Kier molecular flexibility index (Phi) is 6.37. The highest BCUT2D eigenvalue weighted by Crippen LogP contribution is 2.32. The molecule has 36 heavy (non-hydrogen) atoms. The number of carbonyl (C=O) groups excluding carboxylic acids is 1. The van der Waals surface area contributed by atoms with Crippen molar-refractivity contribution in [2.24, 2.45) is 0 Å². The highest BCUT2D eigenvalue weighted by molar-refractivity contribution is 6.03. The Hall–Kier alpha value is -4.64. The van der Waals surface area contributed by atoms with Gasteiger partial charge in [0.15, 0.2) is 0 Å². The van der Waals surface area contributed by atoms with Crippen molar-refractivity contribution in [3.05, 3.63) is 120 Å². The van der Waals surface area contributed by atoms with Crippen molar-refractivity contribution in [2.45, 2.75) is 19.9 Å². The number of aromatic nitrogens is 2. The van der Waals surface area contributed by atoms with E-state index in [1.807, 2.05) is 42.5 Å². The maximum Gasteiger partial charge on any atom is 0.248 e. The summed E-state index contributed by atoms with van der Waals surface area (Å²) in [6, 6.07) is 32.2. The summed E-state index contributed by atoms with van der Waals surface area (Å²) in [5.41, 5.74) is 13.4. The summed E-state index contributed by atoms with van der Waals surface area (Å²) in [4.78, 5) is 17.5. The number of benzene rings is 4. The number of aryl methyl sites for hydroxylation is 1. The predicted octanol–water partition coefficient (Wildman–Crippen LogP) is 6.86. The van der Waals surface area contributed by atoms with Gasteiger partial charge in [-0.15, -0.1) is 0 Å². The minimum Gasteiger partial charge on any atom is -0.397 e. The number of nitrogens with one attached hydrogen (secondary N) is 1. The van der Waals surface area contributed by atoms with Crippen LogP contribution >= 0.6 is 0 Å². The highest BCUT2D eigenvalue weighted by Gasteiger charge is 2.18. The molecular formula is C31H28N4O. The van der Waals surface area contributed by atoms with Gasteiger partial charge in [-0.05, 0) is 61.4 Å². The van der Waals surface area contributed by atoms with Crippen LogP contribution in [-0.4, -0.2) is 15.5 Å². The predicted molar refractivity (Wildman–Crippen MR) is 149 cm³/mol. The number of nitrogen functional groups attached to an aromatic ring is 1. The first-order valence-electron chi connectivity index (χ1n) is 12.0. The van der Waals surface area contributed by atoms with E-state index in [0.717, 1.165) is 28.0 Å². The van der Waals surface area contributed by atoms with Crippen molar-refractivity contribution >= 4 is 34.4 Å². The fourth-order valence-corrected chi connectivity index (χ4v) is 4.37. The Morgan fingerprint density at radius 3 is 2.50 bits per heavy atom. The second-order valence-corrected chi connectivity index (χ2v) is 8.92. The molecule has 0 fully saturated rings. The molecule has 0 radical (unpaired) electrons. The standard InChI is InChI=1S/C31H28N4O/c1-21-14-17-24(18-15-21)22(2)35-29-13-6-5-12-28(29)34-31(35)25-9-7-8-23(20-25)16-19-30(36)33-27-11-4-3-10-26(27)32/h3-20,22H,32H2,1-2H3,(H,33,36)/t22-/m1/s1. The van der Waals surface area contributed by atoms with E-state index in [4.69, 9.17) is 10.7 Å². The number of imidazole rings is 1. The van der Waals surface area contributed by atoms with E-state index in [1.54, 1.807) is 18.2 Å². The molecule has 1 heterocycles. The van der Waals surface area contributed by atoms with Gasteiger partial charge in [-0.3, -0.25) is 4.79 Å². The maximum absolute atomic E-state index is 12.5. The molecule has 5 nitrogen and oxygen atoms in total. The van der Waals surface area contributed by atoms with Gasteiger partial charge in [0.1, 0.15) is 5.82 Å². The SMILES string of the molecule is Cc1ccc([C@@H](C)n2c(-c3cccc(C=CC(=O)Nc4ccccc4N)c3)nc3ccccc32)cc1. The van der Waals surface area contributed by atoms with E-state index in [-0.39, 0.29) is 11.9 Å². The Morgan fingerprint density at radius 1 is 0.944 bits per heavy atom. The summed E-state index contributed by atoms with van der Waals surface area (Å²) in [7, 11) is 0. The van der Waals surface area contributed by atoms with E-state index in [9.17, 15) is 4.79 Å². The smallest absolute Gasteiger partial charge is 0.248 e. The highest BCUT2D eigenvalue weighted by atomic mass is 16.1. The minimum atomic E-state index is -0.237. The molecule has 0 bridgehead atoms. The first-order valence-corrected chi connectivity index (χ1v) is 12.0. The van der Waals surface area contributed by atoms with Gasteiger partial charge in [0.2, 0.25) is 5.91 Å². The van der Waals surface area contributed by atoms with Crippen molar-refractivity contribution in [3.8, 4) is 11.4 Å². The summed E-state index contributed by atoms with van der Waals surface area (Å²) in [6.45, 7) is 4.30. The van der Waals surface area contributed by atoms with Crippen LogP contribution in [0.15, 0.2) is 103 Å². The van der Waals surface area contributed by atoms with Gasteiger partial charge in [-0.25, -0.2) is 4.98 Å². The number of nitrogens with zero attached hydrogens (tertiary/aromatic N) is 2. The van der Waals surface area contributed by atoms with Crippen LogP contribution in [0.4, 0.5) is 11.4 Å². The van der Waals surface area contributed by atoms with Gasteiger partial charge >= 0.3 is 0 Å². The molecule has 0 spiro atoms. The largest absolute Gasteiger partial charge is 0.397 e. The molecule has 178 valence electrons. The van der Waals surface area contributed by atoms with Crippen LogP contribution in [0, 0.1) is 6.92 Å². The summed E-state index contributed by atoms with van der Waals surface area (Å²) < 4.78 is 2.29. The summed E-state index contributed by atoms with van der Waals surface area (Å²) in [6.07, 6.45) is 3.32. The first-order chi connectivity index (χ1) is 17.5. The minimum absolute atomic E-state index is 0.0920. The van der Waals surface area contributed by atoms with Crippen LogP contribution in [0.5, 0.6) is 0 Å². The van der Waals surface area contributed by atoms with Crippen LogP contribution in [-0.2, 0) is 4.79 Å². The first kappa shape index (κ1) is 23.1. The van der Waals surface area contributed by atoms with E-state index >= 15 is 0 Å². The van der Waals surface area contributed by atoms with Crippen molar-refractivity contribution < 1.29 is 4.79 Å². The summed E-state index contributed by atoms with van der Waals surface area (Å²) >= 11 is 0. The molecule has 0 saturated heterocycles. The average Bonchev–Trinajstić information content (AvgIpc) is 3.29. The molecule has 1 amide bonds. The lowest BCUT2D eigenvalue weighted by Gasteiger charge is -2.19. The van der Waals surface area contributed by atoms with Crippen LogP contribution in [0.2, 0.25) is 0 Å². The molecule has 3 N–H and O–H groups in total. The van der Waals surface area contributed by atoms with E-state index in [2.05, 4.69) is 66.2 Å². The quantitative estimate of drug-likeness (QED) is 0.210. The van der Waals surface area contributed by atoms with Gasteiger partial charge in [0.25, 0.3) is 0 Å². The molecule has 0 saturated carbocycles. The molecular weight excluding hydrogens is 444 g/mol. The topological polar surface area (TPSA) is 72.9 Å². The van der Waals surface area contributed by atoms with Crippen LogP contribution in [0.25, 0.3) is 28.5 Å². The molecule has 5 heteroatoms. The number of fused-ring (bicyclic) bond motifs is 1. The van der Waals surface area contributed by atoms with E-state index in [0.29, 0.717) is 11.4 Å². The number of rotatable bonds is 6. The number of hydrogen-bond acceptors (Lipinski definition) is 3. The zero-order valence-corrected chi connectivity index (χ0v) is 20.3. The zero-order valence-electron chi connectivity index (χ0n) is 20.3. The molecule has 5 rings (SSSR count). The Labute approximate surface area is 210 Å². The van der Waals surface area contributed by atoms with Crippen molar-refractivity contribution in [1.29, 1.82) is 0 Å². The lowest BCUT2D eigenvalue weighted by atomic mass is 10.0. The van der Waals surface area contributed by atoms with E-state index in [1.165, 1.54) is 17.2 Å². The third-order valence-electron chi connectivity index (χ3n) is 6.33. The zero-order chi connectivity index (χ0) is 25.1. The molecule has 5 aromatic rings. The number of nitrogens with two attached hydrogens (primary N) is 1. The van der Waals surface area contributed by atoms with Crippen molar-refractivity contribution in [2.75, 3.05) is 11.1 Å². The van der Waals surface area contributed by atoms with Crippen LogP contribution < -0.4 is 11.1 Å². The van der Waals surface area contributed by atoms with Gasteiger partial charge < -0.3 is 15.6 Å². The van der Waals surface area contributed by atoms with Crippen LogP contribution in [0.1, 0.15) is 29.7 Å². The van der Waals surface area contributed by atoms with Crippen molar-refractivity contribution in [1.82, 2.24) is 9.55 Å². The van der Waals surface area contributed by atoms with Crippen molar-refractivity contribution in [3.63, 3.8) is 0 Å². The van der Waals surface area contributed by atoms with E-state index < -0.39 is 0 Å². The molecule has 0 unspecified atom stereocenters. The summed E-state index contributed by atoms with van der Waals surface area (Å²) in [5, 5.41) is 2.82. The fraction of sp³-hybridized carbons (Fsp3) is 0.0968. The van der Waals surface area contributed by atoms with Gasteiger partial charge in [0, 0.05) is 11.6 Å². The summed E-state index contributed by atoms with van der Waals surface area (Å²) in [5.74, 6) is 0.652. The average molecular weight is 473 g/mol. The number of hydrogen-bond donors (Lipinski definition) is 2. The normalized spacial score (nSPS) is 12.2. The number of carbonyl (C=O) groups is 1. The molecule has 0 aliphatic carbocycles. The Balaban J connectivity index is 1.48. The molecule has 4 aromatic carbocycles. The third kappa shape index (κ3) is 4.77. The lowest BCUT2D eigenvalue weighted by Crippen LogP contribution is -2.09. The Bertz CT molecular complexity index is 1560. The van der Waals surface area contributed by atoms with Gasteiger partial charge in [-0.1, -0.05) is 72.3 Å². The van der Waals surface area contributed by atoms with Gasteiger partial charge in [0.05, 0.1) is 28.5 Å². The number of para-hydroxylation sites is 4. The molecule has 0 aliphatic rings. The monoisotopic (exact) mass is 472 g/mol.